The van der Waals surface area contributed by atoms with Gasteiger partial charge in [0, 0.05) is 26.1 Å². The molecule has 1 aromatic rings. The molecule has 1 unspecified atom stereocenters. The highest BCUT2D eigenvalue weighted by atomic mass is 32.1. The molecule has 90 valence electrons. The molecule has 1 rings (SSSR count). The Morgan fingerprint density at radius 3 is 3.06 bits per heavy atom. The standard InChI is InChI=1S/C10H17N3O2S/c1-13(5-8-6-16-7-12-8)10(14)9(11)3-4-15-2/h6-7,9H,3-5,11H2,1-2H3. The smallest absolute Gasteiger partial charge is 0.239 e. The summed E-state index contributed by atoms with van der Waals surface area (Å²) in [6, 6.07) is -0.497. The summed E-state index contributed by atoms with van der Waals surface area (Å²) in [5.74, 6) is -0.0787. The highest BCUT2D eigenvalue weighted by molar-refractivity contribution is 7.07. The lowest BCUT2D eigenvalue weighted by Crippen LogP contribution is -2.42. The number of hydrogen-bond acceptors (Lipinski definition) is 5. The number of likely N-dealkylation sites (N-methyl/N-ethyl adjacent to an activating group) is 1. The highest BCUT2D eigenvalue weighted by Crippen LogP contribution is 2.05. The van der Waals surface area contributed by atoms with Crippen LogP contribution in [0.4, 0.5) is 0 Å². The van der Waals surface area contributed by atoms with Crippen molar-refractivity contribution in [3.63, 3.8) is 0 Å². The number of aromatic nitrogens is 1. The van der Waals surface area contributed by atoms with Crippen molar-refractivity contribution in [3.05, 3.63) is 16.6 Å². The van der Waals surface area contributed by atoms with Gasteiger partial charge in [-0.05, 0) is 6.42 Å². The number of carbonyl (C=O) groups excluding carboxylic acids is 1. The zero-order chi connectivity index (χ0) is 12.0. The van der Waals surface area contributed by atoms with Gasteiger partial charge in [-0.1, -0.05) is 0 Å². The molecule has 1 heterocycles. The summed E-state index contributed by atoms with van der Waals surface area (Å²) < 4.78 is 4.89. The van der Waals surface area contributed by atoms with Gasteiger partial charge in [0.1, 0.15) is 0 Å². The number of nitrogens with two attached hydrogens (primary N) is 1. The second-order valence-corrected chi connectivity index (χ2v) is 4.28. The number of amides is 1. The highest BCUT2D eigenvalue weighted by Gasteiger charge is 2.18. The molecule has 0 saturated carbocycles. The van der Waals surface area contributed by atoms with Crippen molar-refractivity contribution in [2.45, 2.75) is 19.0 Å². The maximum absolute atomic E-state index is 11.8. The minimum atomic E-state index is -0.497. The van der Waals surface area contributed by atoms with E-state index in [1.54, 1.807) is 24.6 Å². The summed E-state index contributed by atoms with van der Waals surface area (Å²) in [6.45, 7) is 1.00. The topological polar surface area (TPSA) is 68.5 Å². The lowest BCUT2D eigenvalue weighted by atomic mass is 10.2. The molecule has 0 saturated heterocycles. The number of hydrogen-bond donors (Lipinski definition) is 1. The number of thiazole rings is 1. The monoisotopic (exact) mass is 243 g/mol. The van der Waals surface area contributed by atoms with E-state index in [0.717, 1.165) is 5.69 Å². The van der Waals surface area contributed by atoms with Gasteiger partial charge in [0.05, 0.1) is 23.8 Å². The Bertz CT molecular complexity index is 316. The van der Waals surface area contributed by atoms with E-state index >= 15 is 0 Å². The molecule has 1 amide bonds. The van der Waals surface area contributed by atoms with Crippen molar-refractivity contribution in [3.8, 4) is 0 Å². The van der Waals surface area contributed by atoms with Crippen LogP contribution in [0.2, 0.25) is 0 Å². The molecule has 0 aromatic carbocycles. The zero-order valence-corrected chi connectivity index (χ0v) is 10.4. The molecular weight excluding hydrogens is 226 g/mol. The first-order chi connectivity index (χ1) is 7.65. The molecule has 0 aliphatic carbocycles. The van der Waals surface area contributed by atoms with Crippen LogP contribution in [0, 0.1) is 0 Å². The number of carbonyl (C=O) groups is 1. The molecule has 0 radical (unpaired) electrons. The second kappa shape index (κ2) is 6.57. The van der Waals surface area contributed by atoms with Gasteiger partial charge in [0.25, 0.3) is 0 Å². The lowest BCUT2D eigenvalue weighted by Gasteiger charge is -2.20. The van der Waals surface area contributed by atoms with Gasteiger partial charge < -0.3 is 15.4 Å². The molecule has 0 fully saturated rings. The lowest BCUT2D eigenvalue weighted by molar-refractivity contribution is -0.132. The SMILES string of the molecule is COCCC(N)C(=O)N(C)Cc1cscn1. The Hall–Kier alpha value is -0.980. The molecule has 0 aliphatic heterocycles. The second-order valence-electron chi connectivity index (χ2n) is 3.56. The molecule has 16 heavy (non-hydrogen) atoms. The zero-order valence-electron chi connectivity index (χ0n) is 9.55. The summed E-state index contributed by atoms with van der Waals surface area (Å²) in [6.07, 6.45) is 0.538. The fourth-order valence-corrected chi connectivity index (χ4v) is 1.84. The fraction of sp³-hybridized carbons (Fsp3) is 0.600. The number of rotatable bonds is 6. The van der Waals surface area contributed by atoms with Crippen molar-refractivity contribution in [1.29, 1.82) is 0 Å². The van der Waals surface area contributed by atoms with Gasteiger partial charge in [0.2, 0.25) is 5.91 Å². The minimum absolute atomic E-state index is 0.0787. The Morgan fingerprint density at radius 1 is 1.75 bits per heavy atom. The molecule has 0 aliphatic rings. The Morgan fingerprint density at radius 2 is 2.50 bits per heavy atom. The minimum Gasteiger partial charge on any atom is -0.385 e. The van der Waals surface area contributed by atoms with Crippen LogP contribution >= 0.6 is 11.3 Å². The Kier molecular flexibility index (Phi) is 5.37. The molecule has 6 heteroatoms. The van der Waals surface area contributed by atoms with Gasteiger partial charge in [-0.3, -0.25) is 4.79 Å². The van der Waals surface area contributed by atoms with Crippen LogP contribution < -0.4 is 5.73 Å². The van der Waals surface area contributed by atoms with Gasteiger partial charge >= 0.3 is 0 Å². The summed E-state index contributed by atoms with van der Waals surface area (Å²) in [4.78, 5) is 17.5. The fourth-order valence-electron chi connectivity index (χ4n) is 1.29. The van der Waals surface area contributed by atoms with E-state index < -0.39 is 6.04 Å². The van der Waals surface area contributed by atoms with Crippen molar-refractivity contribution < 1.29 is 9.53 Å². The summed E-state index contributed by atoms with van der Waals surface area (Å²) in [5.41, 5.74) is 8.38. The molecule has 1 aromatic heterocycles. The van der Waals surface area contributed by atoms with E-state index in [1.165, 1.54) is 11.3 Å². The quantitative estimate of drug-likeness (QED) is 0.788. The third-order valence-corrected chi connectivity index (χ3v) is 2.84. The molecule has 0 spiro atoms. The van der Waals surface area contributed by atoms with Crippen LogP contribution in [0.3, 0.4) is 0 Å². The van der Waals surface area contributed by atoms with Crippen LogP contribution in [0.5, 0.6) is 0 Å². The van der Waals surface area contributed by atoms with Crippen LogP contribution in [0.15, 0.2) is 10.9 Å². The number of methoxy groups -OCH3 is 1. The first kappa shape index (κ1) is 13.1. The molecule has 5 nitrogen and oxygen atoms in total. The van der Waals surface area contributed by atoms with E-state index in [0.29, 0.717) is 19.6 Å². The predicted octanol–water partition coefficient (Wildman–Crippen LogP) is 0.465. The maximum atomic E-state index is 11.8. The average Bonchev–Trinajstić information content (AvgIpc) is 2.77. The van der Waals surface area contributed by atoms with Crippen LogP contribution in [0.1, 0.15) is 12.1 Å². The van der Waals surface area contributed by atoms with E-state index in [2.05, 4.69) is 4.98 Å². The van der Waals surface area contributed by atoms with E-state index in [9.17, 15) is 4.79 Å². The van der Waals surface area contributed by atoms with Crippen molar-refractivity contribution in [2.75, 3.05) is 20.8 Å². The molecule has 1 atom stereocenters. The first-order valence-corrected chi connectivity index (χ1v) is 5.96. The van der Waals surface area contributed by atoms with Crippen LogP contribution in [0.25, 0.3) is 0 Å². The molecule has 2 N–H and O–H groups in total. The normalized spacial score (nSPS) is 12.4. The third kappa shape index (κ3) is 3.88. The van der Waals surface area contributed by atoms with Crippen molar-refractivity contribution in [2.24, 2.45) is 5.73 Å². The average molecular weight is 243 g/mol. The largest absolute Gasteiger partial charge is 0.385 e. The first-order valence-electron chi connectivity index (χ1n) is 5.01. The van der Waals surface area contributed by atoms with Gasteiger partial charge in [-0.2, -0.15) is 0 Å². The van der Waals surface area contributed by atoms with Crippen molar-refractivity contribution >= 4 is 17.2 Å². The molecular formula is C10H17N3O2S. The Balaban J connectivity index is 2.41. The summed E-state index contributed by atoms with van der Waals surface area (Å²) in [5, 5.41) is 1.92. The van der Waals surface area contributed by atoms with Crippen LogP contribution in [-0.2, 0) is 16.1 Å². The predicted molar refractivity (Wildman–Crippen MR) is 63.1 cm³/mol. The van der Waals surface area contributed by atoms with Gasteiger partial charge in [0.15, 0.2) is 0 Å². The van der Waals surface area contributed by atoms with Crippen molar-refractivity contribution in [1.82, 2.24) is 9.88 Å². The summed E-state index contributed by atoms with van der Waals surface area (Å²) >= 11 is 1.52. The molecule has 0 bridgehead atoms. The van der Waals surface area contributed by atoms with Gasteiger partial charge in [-0.25, -0.2) is 4.98 Å². The number of nitrogens with zero attached hydrogens (tertiary/aromatic N) is 2. The number of ether oxygens (including phenoxy) is 1. The maximum Gasteiger partial charge on any atom is 0.239 e. The Labute approximate surface area is 99.2 Å². The summed E-state index contributed by atoms with van der Waals surface area (Å²) in [7, 11) is 3.32. The van der Waals surface area contributed by atoms with E-state index in [-0.39, 0.29) is 5.91 Å². The third-order valence-electron chi connectivity index (χ3n) is 2.21. The van der Waals surface area contributed by atoms with E-state index in [1.807, 2.05) is 5.38 Å². The van der Waals surface area contributed by atoms with Gasteiger partial charge in [-0.15, -0.1) is 11.3 Å². The van der Waals surface area contributed by atoms with E-state index in [4.69, 9.17) is 10.5 Å². The van der Waals surface area contributed by atoms with Crippen LogP contribution in [-0.4, -0.2) is 42.6 Å².